The predicted octanol–water partition coefficient (Wildman–Crippen LogP) is 3.45. The van der Waals surface area contributed by atoms with Gasteiger partial charge >= 0.3 is 0 Å². The minimum absolute atomic E-state index is 0.319. The molecule has 0 radical (unpaired) electrons. The van der Waals surface area contributed by atoms with Crippen LogP contribution >= 0.6 is 11.3 Å². The van der Waals surface area contributed by atoms with Crippen molar-refractivity contribution in [2.75, 3.05) is 45.9 Å². The second-order valence-corrected chi connectivity index (χ2v) is 9.49. The lowest BCUT2D eigenvalue weighted by atomic mass is 9.99. The summed E-state index contributed by atoms with van der Waals surface area (Å²) in [7, 11) is 0. The summed E-state index contributed by atoms with van der Waals surface area (Å²) in [6, 6.07) is 9.26. The van der Waals surface area contributed by atoms with E-state index in [9.17, 15) is 4.79 Å². The summed E-state index contributed by atoms with van der Waals surface area (Å²) >= 11 is 1.82. The Morgan fingerprint density at radius 1 is 1.21 bits per heavy atom. The van der Waals surface area contributed by atoms with E-state index in [1.54, 1.807) is 0 Å². The van der Waals surface area contributed by atoms with Gasteiger partial charge < -0.3 is 4.74 Å². The molecule has 2 aromatic rings. The quantitative estimate of drug-likeness (QED) is 0.663. The zero-order valence-corrected chi connectivity index (χ0v) is 18.3. The number of aryl methyl sites for hydroxylation is 1. The molecule has 1 aromatic carbocycles. The second-order valence-electron chi connectivity index (χ2n) is 8.43. The van der Waals surface area contributed by atoms with Crippen LogP contribution in [0.3, 0.4) is 0 Å². The molecule has 0 N–H and O–H groups in total. The van der Waals surface area contributed by atoms with Crippen LogP contribution in [0.2, 0.25) is 0 Å². The van der Waals surface area contributed by atoms with E-state index in [4.69, 9.17) is 4.74 Å². The highest BCUT2D eigenvalue weighted by Gasteiger charge is 2.31. The average molecular weight is 414 g/mol. The number of benzene rings is 1. The first-order chi connectivity index (χ1) is 14.1. The number of morpholine rings is 1. The summed E-state index contributed by atoms with van der Waals surface area (Å²) in [5, 5.41) is 1.26. The van der Waals surface area contributed by atoms with Gasteiger partial charge in [-0.1, -0.05) is 24.3 Å². The summed E-state index contributed by atoms with van der Waals surface area (Å²) in [6.07, 6.45) is 3.43. The van der Waals surface area contributed by atoms with Crippen LogP contribution in [0, 0.1) is 0 Å². The summed E-state index contributed by atoms with van der Waals surface area (Å²) < 4.78 is 5.34. The van der Waals surface area contributed by atoms with Gasteiger partial charge in [-0.05, 0) is 31.4 Å². The molecule has 2 aliphatic heterocycles. The SMILES string of the molecule is CC(C)N1CC(c2ncc(-c3ccc(CCC(=O)CN4CCOCC4)cc3)s2)C1. The fourth-order valence-electron chi connectivity index (χ4n) is 3.91. The van der Waals surface area contributed by atoms with Gasteiger partial charge in [0.05, 0.1) is 29.6 Å². The van der Waals surface area contributed by atoms with Gasteiger partial charge in [0.25, 0.3) is 0 Å². The van der Waals surface area contributed by atoms with Crippen molar-refractivity contribution < 1.29 is 9.53 Å². The van der Waals surface area contributed by atoms with Crippen molar-refractivity contribution in [3.8, 4) is 10.4 Å². The normalized spacial score (nSPS) is 18.9. The Balaban J connectivity index is 1.26. The third kappa shape index (κ3) is 5.31. The Hall–Kier alpha value is -1.60. The Kier molecular flexibility index (Phi) is 6.75. The number of aromatic nitrogens is 1. The standard InChI is InChI=1S/C23H31N3O2S/c1-17(2)26-14-20(15-26)23-24-13-22(29-23)19-6-3-18(4-7-19)5-8-21(27)16-25-9-11-28-12-10-25/h3-4,6-7,13,17,20H,5,8-12,14-16H2,1-2H3. The topological polar surface area (TPSA) is 45.7 Å². The van der Waals surface area contributed by atoms with Gasteiger partial charge in [0.1, 0.15) is 5.78 Å². The number of ether oxygens (including phenoxy) is 1. The van der Waals surface area contributed by atoms with Crippen molar-refractivity contribution in [3.63, 3.8) is 0 Å². The Morgan fingerprint density at radius 3 is 2.62 bits per heavy atom. The first kappa shape index (κ1) is 20.7. The van der Waals surface area contributed by atoms with Crippen LogP contribution < -0.4 is 0 Å². The maximum absolute atomic E-state index is 12.2. The Morgan fingerprint density at radius 2 is 1.93 bits per heavy atom. The van der Waals surface area contributed by atoms with Gasteiger partial charge in [-0.15, -0.1) is 11.3 Å². The van der Waals surface area contributed by atoms with Gasteiger partial charge in [0.2, 0.25) is 0 Å². The Bertz CT molecular complexity index is 806. The molecule has 0 amide bonds. The van der Waals surface area contributed by atoms with E-state index >= 15 is 0 Å². The van der Waals surface area contributed by atoms with Crippen molar-refractivity contribution in [1.29, 1.82) is 0 Å². The molecule has 0 atom stereocenters. The molecule has 0 spiro atoms. The Labute approximate surface area is 177 Å². The summed E-state index contributed by atoms with van der Waals surface area (Å²) in [5.74, 6) is 0.909. The molecular weight excluding hydrogens is 382 g/mol. The van der Waals surface area contributed by atoms with E-state index in [1.165, 1.54) is 21.0 Å². The third-order valence-electron chi connectivity index (χ3n) is 5.95. The summed E-state index contributed by atoms with van der Waals surface area (Å²) in [6.45, 7) is 10.5. The van der Waals surface area contributed by atoms with E-state index in [2.05, 4.69) is 52.9 Å². The van der Waals surface area contributed by atoms with E-state index in [1.807, 2.05) is 17.5 Å². The van der Waals surface area contributed by atoms with E-state index in [-0.39, 0.29) is 0 Å². The van der Waals surface area contributed by atoms with Crippen molar-refractivity contribution in [2.45, 2.75) is 38.6 Å². The molecule has 2 aliphatic rings. The number of hydrogen-bond donors (Lipinski definition) is 0. The fourth-order valence-corrected chi connectivity index (χ4v) is 4.91. The zero-order valence-electron chi connectivity index (χ0n) is 17.5. The molecule has 3 heterocycles. The molecule has 2 fully saturated rings. The molecule has 0 unspecified atom stereocenters. The van der Waals surface area contributed by atoms with Crippen molar-refractivity contribution in [2.24, 2.45) is 0 Å². The minimum Gasteiger partial charge on any atom is -0.379 e. The monoisotopic (exact) mass is 413 g/mol. The molecule has 29 heavy (non-hydrogen) atoms. The number of carbonyl (C=O) groups excluding carboxylic acids is 1. The number of thiazole rings is 1. The van der Waals surface area contributed by atoms with Gasteiger partial charge in [-0.2, -0.15) is 0 Å². The van der Waals surface area contributed by atoms with Crippen LogP contribution in [-0.4, -0.2) is 72.5 Å². The molecule has 156 valence electrons. The molecule has 0 bridgehead atoms. The maximum Gasteiger partial charge on any atom is 0.147 e. The number of nitrogens with zero attached hydrogens (tertiary/aromatic N) is 3. The predicted molar refractivity (Wildman–Crippen MR) is 118 cm³/mol. The van der Waals surface area contributed by atoms with Crippen LogP contribution in [0.4, 0.5) is 0 Å². The minimum atomic E-state index is 0.319. The third-order valence-corrected chi connectivity index (χ3v) is 7.16. The lowest BCUT2D eigenvalue weighted by Crippen LogP contribution is -2.48. The zero-order chi connectivity index (χ0) is 20.2. The highest BCUT2D eigenvalue weighted by molar-refractivity contribution is 7.15. The van der Waals surface area contributed by atoms with Crippen LogP contribution in [-0.2, 0) is 16.0 Å². The maximum atomic E-state index is 12.2. The van der Waals surface area contributed by atoms with Crippen LogP contribution in [0.1, 0.15) is 36.8 Å². The number of ketones is 1. The first-order valence-corrected chi connectivity index (χ1v) is 11.5. The lowest BCUT2D eigenvalue weighted by Gasteiger charge is -2.41. The molecule has 4 rings (SSSR count). The molecule has 2 saturated heterocycles. The lowest BCUT2D eigenvalue weighted by molar-refractivity contribution is -0.121. The molecule has 5 nitrogen and oxygen atoms in total. The number of hydrogen-bond acceptors (Lipinski definition) is 6. The van der Waals surface area contributed by atoms with Crippen molar-refractivity contribution in [1.82, 2.24) is 14.8 Å². The van der Waals surface area contributed by atoms with Gasteiger partial charge in [-0.25, -0.2) is 4.98 Å². The van der Waals surface area contributed by atoms with Gasteiger partial charge in [0, 0.05) is 50.8 Å². The van der Waals surface area contributed by atoms with E-state index < -0.39 is 0 Å². The highest BCUT2D eigenvalue weighted by Crippen LogP contribution is 2.35. The molecule has 1 aromatic heterocycles. The van der Waals surface area contributed by atoms with Gasteiger partial charge in [-0.3, -0.25) is 14.6 Å². The molecule has 0 aliphatic carbocycles. The molecular formula is C23H31N3O2S. The summed E-state index contributed by atoms with van der Waals surface area (Å²) in [4.78, 5) is 22.8. The van der Waals surface area contributed by atoms with E-state index in [0.717, 1.165) is 45.8 Å². The number of rotatable bonds is 8. The number of carbonyl (C=O) groups is 1. The average Bonchev–Trinajstić information content (AvgIpc) is 3.16. The molecule has 0 saturated carbocycles. The second kappa shape index (κ2) is 9.47. The first-order valence-electron chi connectivity index (χ1n) is 10.7. The van der Waals surface area contributed by atoms with Gasteiger partial charge in [0.15, 0.2) is 0 Å². The van der Waals surface area contributed by atoms with Crippen LogP contribution in [0.25, 0.3) is 10.4 Å². The van der Waals surface area contributed by atoms with E-state index in [0.29, 0.717) is 30.7 Å². The fraction of sp³-hybridized carbons (Fsp3) is 0.565. The smallest absolute Gasteiger partial charge is 0.147 e. The largest absolute Gasteiger partial charge is 0.379 e. The molecule has 6 heteroatoms. The summed E-state index contributed by atoms with van der Waals surface area (Å²) in [5.41, 5.74) is 2.44. The number of Topliss-reactive ketones (excluding diaryl/α,β-unsaturated/α-hetero) is 1. The van der Waals surface area contributed by atoms with Crippen molar-refractivity contribution >= 4 is 17.1 Å². The van der Waals surface area contributed by atoms with Crippen molar-refractivity contribution in [3.05, 3.63) is 41.0 Å². The number of likely N-dealkylation sites (tertiary alicyclic amines) is 1. The van der Waals surface area contributed by atoms with Crippen LogP contribution in [0.15, 0.2) is 30.5 Å². The van der Waals surface area contributed by atoms with Crippen LogP contribution in [0.5, 0.6) is 0 Å². The highest BCUT2D eigenvalue weighted by atomic mass is 32.1.